The number of nitrogens with zero attached hydrogens (tertiary/aromatic N) is 1. The smallest absolute Gasteiger partial charge is 0.306 e. The maximum Gasteiger partial charge on any atom is 0.306 e. The molecule has 0 radical (unpaired) electrons. The Morgan fingerprint density at radius 1 is 1.19 bits per heavy atom. The van der Waals surface area contributed by atoms with Crippen molar-refractivity contribution >= 4 is 16.9 Å². The number of fused-ring (bicyclic) bond motifs is 1. The van der Waals surface area contributed by atoms with Crippen LogP contribution in [0.25, 0.3) is 10.9 Å². The quantitative estimate of drug-likeness (QED) is 0.934. The van der Waals surface area contributed by atoms with Crippen molar-refractivity contribution in [1.29, 1.82) is 0 Å². The number of benzene rings is 1. The Labute approximate surface area is 123 Å². The third kappa shape index (κ3) is 3.15. The molecule has 21 heavy (non-hydrogen) atoms. The Morgan fingerprint density at radius 2 is 1.95 bits per heavy atom. The molecule has 1 saturated carbocycles. The van der Waals surface area contributed by atoms with Gasteiger partial charge in [-0.3, -0.25) is 9.78 Å². The van der Waals surface area contributed by atoms with Gasteiger partial charge in [-0.25, -0.2) is 0 Å². The molecular weight excluding hydrogens is 266 g/mol. The average molecular weight is 285 g/mol. The Balaban J connectivity index is 1.61. The van der Waals surface area contributed by atoms with Gasteiger partial charge in [0.15, 0.2) is 0 Å². The zero-order chi connectivity index (χ0) is 14.7. The van der Waals surface area contributed by atoms with E-state index in [0.29, 0.717) is 12.5 Å². The van der Waals surface area contributed by atoms with Crippen LogP contribution < -0.4 is 4.74 Å². The molecule has 0 bridgehead atoms. The summed E-state index contributed by atoms with van der Waals surface area (Å²) in [6.07, 6.45) is 5.15. The number of carbonyl (C=O) groups is 1. The summed E-state index contributed by atoms with van der Waals surface area (Å²) >= 11 is 0. The number of para-hydroxylation sites is 1. The van der Waals surface area contributed by atoms with E-state index in [1.54, 1.807) is 6.20 Å². The molecule has 1 aromatic carbocycles. The van der Waals surface area contributed by atoms with Crippen LogP contribution in [0.5, 0.6) is 5.75 Å². The van der Waals surface area contributed by atoms with Crippen molar-refractivity contribution in [3.8, 4) is 5.75 Å². The minimum absolute atomic E-state index is 0.164. The van der Waals surface area contributed by atoms with Gasteiger partial charge in [0.05, 0.1) is 18.0 Å². The van der Waals surface area contributed by atoms with E-state index in [4.69, 9.17) is 9.84 Å². The van der Waals surface area contributed by atoms with E-state index in [-0.39, 0.29) is 5.92 Å². The molecule has 1 aliphatic carbocycles. The van der Waals surface area contributed by atoms with E-state index < -0.39 is 5.97 Å². The van der Waals surface area contributed by atoms with E-state index >= 15 is 0 Å². The molecule has 3 rings (SSSR count). The highest BCUT2D eigenvalue weighted by atomic mass is 16.5. The monoisotopic (exact) mass is 285 g/mol. The van der Waals surface area contributed by atoms with E-state index in [0.717, 1.165) is 42.3 Å². The van der Waals surface area contributed by atoms with Crippen molar-refractivity contribution in [2.45, 2.75) is 25.7 Å². The number of aromatic nitrogens is 1. The highest BCUT2D eigenvalue weighted by Crippen LogP contribution is 2.30. The minimum Gasteiger partial charge on any atom is -0.493 e. The maximum atomic E-state index is 10.9. The van der Waals surface area contributed by atoms with Gasteiger partial charge in [0.25, 0.3) is 0 Å². The second kappa shape index (κ2) is 6.12. The minimum atomic E-state index is -0.658. The molecule has 1 aliphatic rings. The molecule has 0 unspecified atom stereocenters. The fraction of sp³-hybridized carbons (Fsp3) is 0.412. The molecular formula is C17H19NO3. The number of carboxylic acid groups (broad SMARTS) is 1. The third-order valence-electron chi connectivity index (χ3n) is 4.28. The van der Waals surface area contributed by atoms with Crippen LogP contribution in [-0.2, 0) is 4.79 Å². The number of ether oxygens (including phenoxy) is 1. The lowest BCUT2D eigenvalue weighted by molar-refractivity contribution is -0.143. The van der Waals surface area contributed by atoms with Gasteiger partial charge in [0.2, 0.25) is 0 Å². The lowest BCUT2D eigenvalue weighted by Crippen LogP contribution is -2.24. The van der Waals surface area contributed by atoms with Gasteiger partial charge in [0, 0.05) is 11.6 Å². The highest BCUT2D eigenvalue weighted by Gasteiger charge is 2.26. The molecule has 0 spiro atoms. The number of pyridine rings is 1. The van der Waals surface area contributed by atoms with Gasteiger partial charge in [-0.15, -0.1) is 0 Å². The lowest BCUT2D eigenvalue weighted by atomic mass is 9.82. The summed E-state index contributed by atoms with van der Waals surface area (Å²) < 4.78 is 5.97. The SMILES string of the molecule is O=C(O)[C@H]1CC[C@H](COc2ccnc3ccccc23)CC1. The van der Waals surface area contributed by atoms with Gasteiger partial charge in [0.1, 0.15) is 5.75 Å². The van der Waals surface area contributed by atoms with Crippen molar-refractivity contribution in [3.63, 3.8) is 0 Å². The Bertz CT molecular complexity index is 627. The number of aliphatic carboxylic acids is 1. The Morgan fingerprint density at radius 3 is 2.71 bits per heavy atom. The second-order valence-corrected chi connectivity index (χ2v) is 5.69. The summed E-state index contributed by atoms with van der Waals surface area (Å²) in [6.45, 7) is 0.653. The molecule has 0 atom stereocenters. The number of rotatable bonds is 4. The largest absolute Gasteiger partial charge is 0.493 e. The molecule has 1 heterocycles. The van der Waals surface area contributed by atoms with Gasteiger partial charge in [-0.2, -0.15) is 0 Å². The molecule has 1 fully saturated rings. The van der Waals surface area contributed by atoms with Gasteiger partial charge >= 0.3 is 5.97 Å². The average Bonchev–Trinajstić information content (AvgIpc) is 2.53. The van der Waals surface area contributed by atoms with Gasteiger partial charge in [-0.05, 0) is 49.8 Å². The fourth-order valence-electron chi connectivity index (χ4n) is 2.98. The first-order valence-corrected chi connectivity index (χ1v) is 7.43. The zero-order valence-corrected chi connectivity index (χ0v) is 11.9. The molecule has 0 amide bonds. The normalized spacial score (nSPS) is 22.1. The summed E-state index contributed by atoms with van der Waals surface area (Å²) in [5.74, 6) is 0.492. The summed E-state index contributed by atoms with van der Waals surface area (Å²) in [5.41, 5.74) is 0.935. The molecule has 110 valence electrons. The zero-order valence-electron chi connectivity index (χ0n) is 11.9. The first-order chi connectivity index (χ1) is 10.2. The van der Waals surface area contributed by atoms with Crippen LogP contribution in [0.15, 0.2) is 36.5 Å². The van der Waals surface area contributed by atoms with E-state index in [1.165, 1.54) is 0 Å². The van der Waals surface area contributed by atoms with Crippen LogP contribution in [0.2, 0.25) is 0 Å². The van der Waals surface area contributed by atoms with Crippen LogP contribution in [0.3, 0.4) is 0 Å². The first-order valence-electron chi connectivity index (χ1n) is 7.43. The predicted octanol–water partition coefficient (Wildman–Crippen LogP) is 3.50. The molecule has 0 saturated heterocycles. The summed E-state index contributed by atoms with van der Waals surface area (Å²) in [4.78, 5) is 15.3. The van der Waals surface area contributed by atoms with Crippen LogP contribution >= 0.6 is 0 Å². The van der Waals surface area contributed by atoms with Crippen LogP contribution in [-0.4, -0.2) is 22.7 Å². The Hall–Kier alpha value is -2.10. The number of hydrogen-bond acceptors (Lipinski definition) is 3. The van der Waals surface area contributed by atoms with Crippen molar-refractivity contribution in [3.05, 3.63) is 36.5 Å². The van der Waals surface area contributed by atoms with Crippen molar-refractivity contribution in [2.75, 3.05) is 6.61 Å². The summed E-state index contributed by atoms with van der Waals surface area (Å²) in [7, 11) is 0. The number of carboxylic acids is 1. The van der Waals surface area contributed by atoms with Crippen molar-refractivity contribution in [2.24, 2.45) is 11.8 Å². The molecule has 4 nitrogen and oxygen atoms in total. The second-order valence-electron chi connectivity index (χ2n) is 5.69. The fourth-order valence-corrected chi connectivity index (χ4v) is 2.98. The predicted molar refractivity (Wildman–Crippen MR) is 80.3 cm³/mol. The standard InChI is InChI=1S/C17H19NO3/c19-17(20)13-7-5-12(6-8-13)11-21-16-9-10-18-15-4-2-1-3-14(15)16/h1-4,9-10,12-13H,5-8,11H2,(H,19,20)/t12-,13-. The third-order valence-corrected chi connectivity index (χ3v) is 4.28. The molecule has 0 aliphatic heterocycles. The van der Waals surface area contributed by atoms with Crippen LogP contribution in [0, 0.1) is 11.8 Å². The summed E-state index contributed by atoms with van der Waals surface area (Å²) in [5, 5.41) is 10.0. The molecule has 1 aromatic heterocycles. The van der Waals surface area contributed by atoms with Crippen LogP contribution in [0.1, 0.15) is 25.7 Å². The number of hydrogen-bond donors (Lipinski definition) is 1. The van der Waals surface area contributed by atoms with E-state index in [2.05, 4.69) is 4.98 Å². The van der Waals surface area contributed by atoms with Crippen molar-refractivity contribution < 1.29 is 14.6 Å². The Kier molecular flexibility index (Phi) is 4.04. The first kappa shape index (κ1) is 13.9. The lowest BCUT2D eigenvalue weighted by Gasteiger charge is -2.26. The van der Waals surface area contributed by atoms with Gasteiger partial charge in [-0.1, -0.05) is 12.1 Å². The van der Waals surface area contributed by atoms with E-state index in [1.807, 2.05) is 30.3 Å². The summed E-state index contributed by atoms with van der Waals surface area (Å²) in [6, 6.07) is 9.83. The highest BCUT2D eigenvalue weighted by molar-refractivity contribution is 5.84. The topological polar surface area (TPSA) is 59.4 Å². The van der Waals surface area contributed by atoms with Gasteiger partial charge < -0.3 is 9.84 Å². The van der Waals surface area contributed by atoms with Crippen LogP contribution in [0.4, 0.5) is 0 Å². The maximum absolute atomic E-state index is 10.9. The van der Waals surface area contributed by atoms with Crippen molar-refractivity contribution in [1.82, 2.24) is 4.98 Å². The molecule has 2 aromatic rings. The molecule has 1 N–H and O–H groups in total. The molecule has 4 heteroatoms. The van der Waals surface area contributed by atoms with E-state index in [9.17, 15) is 4.79 Å².